The van der Waals surface area contributed by atoms with E-state index in [1.165, 1.54) is 6.92 Å². The largest absolute Gasteiger partial charge is 0.478 e. The molecule has 1 aliphatic carbocycles. The lowest BCUT2D eigenvalue weighted by Gasteiger charge is -2.28. The van der Waals surface area contributed by atoms with E-state index in [1.807, 2.05) is 0 Å². The summed E-state index contributed by atoms with van der Waals surface area (Å²) in [6.45, 7) is 1.35. The smallest absolute Gasteiger partial charge is 0.338 e. The Hall–Kier alpha value is -1.91. The standard InChI is InChI=1S/C13H13FO4/c1-6-10(12(15)16)8(7-3-2-4-7)5-9(14)11(6)13(17)18/h5,7H,2-4H2,1H3,(H,15,16)(H,17,18). The van der Waals surface area contributed by atoms with E-state index >= 15 is 0 Å². The van der Waals surface area contributed by atoms with Gasteiger partial charge >= 0.3 is 11.9 Å². The van der Waals surface area contributed by atoms with E-state index in [1.54, 1.807) is 0 Å². The van der Waals surface area contributed by atoms with Crippen molar-refractivity contribution in [3.8, 4) is 0 Å². The molecule has 2 N–H and O–H groups in total. The average Bonchev–Trinajstić information content (AvgIpc) is 2.11. The van der Waals surface area contributed by atoms with Crippen LogP contribution in [0.3, 0.4) is 0 Å². The fourth-order valence-corrected chi connectivity index (χ4v) is 2.39. The minimum absolute atomic E-state index is 0.00287. The predicted octanol–water partition coefficient (Wildman–Crippen LogP) is 2.80. The fraction of sp³-hybridized carbons (Fsp3) is 0.385. The summed E-state index contributed by atoms with van der Waals surface area (Å²) in [6, 6.07) is 1.07. The highest BCUT2D eigenvalue weighted by Gasteiger charge is 2.30. The molecule has 0 bridgehead atoms. The van der Waals surface area contributed by atoms with E-state index < -0.39 is 23.3 Å². The molecule has 0 aliphatic heterocycles. The molecule has 0 saturated heterocycles. The molecule has 18 heavy (non-hydrogen) atoms. The van der Waals surface area contributed by atoms with Crippen LogP contribution in [0.5, 0.6) is 0 Å². The molecular weight excluding hydrogens is 239 g/mol. The number of benzene rings is 1. The molecule has 0 aromatic heterocycles. The second-order valence-electron chi connectivity index (χ2n) is 4.56. The topological polar surface area (TPSA) is 74.6 Å². The third-order valence-electron chi connectivity index (χ3n) is 3.53. The monoisotopic (exact) mass is 252 g/mol. The molecule has 1 aromatic carbocycles. The van der Waals surface area contributed by atoms with Gasteiger partial charge < -0.3 is 10.2 Å². The number of hydrogen-bond donors (Lipinski definition) is 2. The van der Waals surface area contributed by atoms with Gasteiger partial charge in [-0.1, -0.05) is 6.42 Å². The Bertz CT molecular complexity index is 532. The van der Waals surface area contributed by atoms with Gasteiger partial charge in [0.2, 0.25) is 0 Å². The van der Waals surface area contributed by atoms with Crippen molar-refractivity contribution in [1.82, 2.24) is 0 Å². The van der Waals surface area contributed by atoms with Crippen LogP contribution in [0.4, 0.5) is 4.39 Å². The van der Waals surface area contributed by atoms with Crippen molar-refractivity contribution in [3.63, 3.8) is 0 Å². The zero-order valence-corrected chi connectivity index (χ0v) is 9.86. The van der Waals surface area contributed by atoms with Crippen molar-refractivity contribution in [2.24, 2.45) is 0 Å². The Labute approximate surface area is 103 Å². The third kappa shape index (κ3) is 1.85. The summed E-state index contributed by atoms with van der Waals surface area (Å²) in [6.07, 6.45) is 2.64. The molecular formula is C13H13FO4. The Balaban J connectivity index is 2.68. The predicted molar refractivity (Wildman–Crippen MR) is 61.6 cm³/mol. The lowest BCUT2D eigenvalue weighted by Crippen LogP contribution is -2.18. The van der Waals surface area contributed by atoms with Crippen LogP contribution in [0.1, 0.15) is 57.0 Å². The van der Waals surface area contributed by atoms with Crippen molar-refractivity contribution in [1.29, 1.82) is 0 Å². The second-order valence-corrected chi connectivity index (χ2v) is 4.56. The van der Waals surface area contributed by atoms with Gasteiger partial charge in [-0.3, -0.25) is 0 Å². The minimum atomic E-state index is -1.44. The summed E-state index contributed by atoms with van der Waals surface area (Å²) in [5.41, 5.74) is -0.181. The van der Waals surface area contributed by atoms with Crippen molar-refractivity contribution < 1.29 is 24.2 Å². The number of carboxylic acids is 2. The van der Waals surface area contributed by atoms with Gasteiger partial charge in [-0.15, -0.1) is 0 Å². The number of carboxylic acid groups (broad SMARTS) is 2. The van der Waals surface area contributed by atoms with Crippen molar-refractivity contribution in [2.75, 3.05) is 0 Å². The molecule has 1 fully saturated rings. The van der Waals surface area contributed by atoms with Gasteiger partial charge in [-0.2, -0.15) is 0 Å². The molecule has 1 saturated carbocycles. The highest BCUT2D eigenvalue weighted by molar-refractivity contribution is 5.98. The number of aromatic carboxylic acids is 2. The Morgan fingerprint density at radius 2 is 1.78 bits per heavy atom. The van der Waals surface area contributed by atoms with Gasteiger partial charge in [0, 0.05) is 0 Å². The molecule has 0 amide bonds. The maximum Gasteiger partial charge on any atom is 0.338 e. The van der Waals surface area contributed by atoms with Crippen LogP contribution in [0.2, 0.25) is 0 Å². The normalized spacial score (nSPS) is 15.2. The molecule has 0 heterocycles. The highest BCUT2D eigenvalue weighted by Crippen LogP contribution is 2.40. The number of hydrogen-bond acceptors (Lipinski definition) is 2. The molecule has 0 radical (unpaired) electrons. The van der Waals surface area contributed by atoms with Gasteiger partial charge in [0.15, 0.2) is 0 Å². The summed E-state index contributed by atoms with van der Waals surface area (Å²) < 4.78 is 13.8. The molecule has 96 valence electrons. The Morgan fingerprint density at radius 3 is 2.17 bits per heavy atom. The summed E-state index contributed by atoms with van der Waals surface area (Å²) in [5.74, 6) is -3.45. The maximum absolute atomic E-state index is 13.8. The SMILES string of the molecule is Cc1c(C(=O)O)c(F)cc(C2CCC2)c1C(=O)O. The average molecular weight is 252 g/mol. The van der Waals surface area contributed by atoms with Gasteiger partial charge in [-0.25, -0.2) is 14.0 Å². The van der Waals surface area contributed by atoms with Crippen LogP contribution in [-0.4, -0.2) is 22.2 Å². The van der Waals surface area contributed by atoms with Crippen LogP contribution in [-0.2, 0) is 0 Å². The number of rotatable bonds is 3. The fourth-order valence-electron chi connectivity index (χ4n) is 2.39. The molecule has 5 heteroatoms. The van der Waals surface area contributed by atoms with Crippen LogP contribution >= 0.6 is 0 Å². The first kappa shape index (κ1) is 12.5. The van der Waals surface area contributed by atoms with Crippen LogP contribution in [0, 0.1) is 12.7 Å². The van der Waals surface area contributed by atoms with E-state index in [4.69, 9.17) is 5.11 Å². The van der Waals surface area contributed by atoms with Crippen molar-refractivity contribution in [3.05, 3.63) is 34.1 Å². The zero-order valence-electron chi connectivity index (χ0n) is 9.86. The second kappa shape index (κ2) is 4.40. The van der Waals surface area contributed by atoms with Crippen molar-refractivity contribution >= 4 is 11.9 Å². The van der Waals surface area contributed by atoms with Crippen LogP contribution in [0.15, 0.2) is 6.07 Å². The van der Waals surface area contributed by atoms with Gasteiger partial charge in [0.25, 0.3) is 0 Å². The van der Waals surface area contributed by atoms with Crippen LogP contribution in [0.25, 0.3) is 0 Å². The summed E-state index contributed by atoms with van der Waals surface area (Å²) in [4.78, 5) is 22.2. The summed E-state index contributed by atoms with van der Waals surface area (Å²) in [5, 5.41) is 18.1. The van der Waals surface area contributed by atoms with E-state index in [9.17, 15) is 19.1 Å². The molecule has 0 unspecified atom stereocenters. The molecule has 0 atom stereocenters. The number of carbonyl (C=O) groups is 2. The van der Waals surface area contributed by atoms with E-state index in [0.717, 1.165) is 25.3 Å². The van der Waals surface area contributed by atoms with E-state index in [-0.39, 0.29) is 17.0 Å². The first-order chi connectivity index (χ1) is 8.43. The first-order valence-corrected chi connectivity index (χ1v) is 5.73. The van der Waals surface area contributed by atoms with Crippen LogP contribution < -0.4 is 0 Å². The quantitative estimate of drug-likeness (QED) is 0.867. The summed E-state index contributed by atoms with van der Waals surface area (Å²) >= 11 is 0. The lowest BCUT2D eigenvalue weighted by molar-refractivity contribution is 0.0690. The van der Waals surface area contributed by atoms with E-state index in [2.05, 4.69) is 0 Å². The molecule has 1 aromatic rings. The number of halogens is 1. The molecule has 0 spiro atoms. The van der Waals surface area contributed by atoms with Gasteiger partial charge in [0.05, 0.1) is 11.1 Å². The highest BCUT2D eigenvalue weighted by atomic mass is 19.1. The minimum Gasteiger partial charge on any atom is -0.478 e. The zero-order chi connectivity index (χ0) is 13.4. The Kier molecular flexibility index (Phi) is 3.07. The summed E-state index contributed by atoms with van der Waals surface area (Å²) in [7, 11) is 0. The lowest BCUT2D eigenvalue weighted by atomic mass is 9.76. The molecule has 1 aliphatic rings. The first-order valence-electron chi connectivity index (χ1n) is 5.73. The maximum atomic E-state index is 13.8. The molecule has 4 nitrogen and oxygen atoms in total. The Morgan fingerprint density at radius 1 is 1.22 bits per heavy atom. The van der Waals surface area contributed by atoms with Gasteiger partial charge in [-0.05, 0) is 42.9 Å². The van der Waals surface area contributed by atoms with Gasteiger partial charge in [0.1, 0.15) is 5.82 Å². The van der Waals surface area contributed by atoms with E-state index in [0.29, 0.717) is 5.56 Å². The van der Waals surface area contributed by atoms with Crippen molar-refractivity contribution in [2.45, 2.75) is 32.1 Å². The third-order valence-corrected chi connectivity index (χ3v) is 3.53. The molecule has 2 rings (SSSR count).